The van der Waals surface area contributed by atoms with Crippen molar-refractivity contribution in [3.8, 4) is 0 Å². The van der Waals surface area contributed by atoms with E-state index < -0.39 is 0 Å². The molecule has 0 aliphatic rings. The molecule has 0 aromatic carbocycles. The molecule has 0 unspecified atom stereocenters. The summed E-state index contributed by atoms with van der Waals surface area (Å²) < 4.78 is 13.3. The Morgan fingerprint density at radius 1 is 1.33 bits per heavy atom. The normalized spacial score (nSPS) is 9.67. The lowest BCUT2D eigenvalue weighted by atomic mass is 10.3. The van der Waals surface area contributed by atoms with Crippen molar-refractivity contribution in [1.82, 2.24) is 0 Å². The summed E-state index contributed by atoms with van der Waals surface area (Å²) in [5.41, 5.74) is 0.657. The second-order valence-electron chi connectivity index (χ2n) is 2.06. The van der Waals surface area contributed by atoms with E-state index >= 15 is 0 Å². The molecular weight excluding hydrogens is 219 g/mol. The number of rotatable bonds is 2. The molecule has 0 aromatic rings. The summed E-state index contributed by atoms with van der Waals surface area (Å²) in [4.78, 5) is 0. The average molecular weight is 235 g/mol. The van der Waals surface area contributed by atoms with E-state index in [4.69, 9.17) is 0 Å². The Balaban J connectivity index is 0. The maximum Gasteiger partial charge on any atom is 0.136 e. The van der Waals surface area contributed by atoms with E-state index in [-0.39, 0.29) is 5.83 Å². The van der Waals surface area contributed by atoms with Crippen LogP contribution in [0.5, 0.6) is 0 Å². The summed E-state index contributed by atoms with van der Waals surface area (Å²) >= 11 is 3.06. The van der Waals surface area contributed by atoms with Crippen molar-refractivity contribution in [2.75, 3.05) is 0 Å². The van der Waals surface area contributed by atoms with Gasteiger partial charge in [0.15, 0.2) is 0 Å². The Morgan fingerprint density at radius 3 is 2.00 bits per heavy atom. The largest absolute Gasteiger partial charge is 0.206 e. The van der Waals surface area contributed by atoms with Crippen LogP contribution in [0.2, 0.25) is 0 Å². The Labute approximate surface area is 83.0 Å². The van der Waals surface area contributed by atoms with Gasteiger partial charge in [0, 0.05) is 0 Å². The van der Waals surface area contributed by atoms with Crippen molar-refractivity contribution >= 4 is 15.9 Å². The highest BCUT2D eigenvalue weighted by Crippen LogP contribution is 2.21. The standard InChI is InChI=1S/C8H10BrF.C2H6/c1-4-5-7(9)8(10)6(2)3;1-2/h4-5H,1H2,2-3H3;1-2H3/b7-5+;. The van der Waals surface area contributed by atoms with Gasteiger partial charge in [0.05, 0.1) is 4.48 Å². The fraction of sp³-hybridized carbons (Fsp3) is 0.400. The molecule has 12 heavy (non-hydrogen) atoms. The van der Waals surface area contributed by atoms with Gasteiger partial charge in [0.1, 0.15) is 5.83 Å². The van der Waals surface area contributed by atoms with Gasteiger partial charge in [-0.25, -0.2) is 4.39 Å². The van der Waals surface area contributed by atoms with Crippen molar-refractivity contribution in [3.05, 3.63) is 34.6 Å². The van der Waals surface area contributed by atoms with Crippen LogP contribution in [0, 0.1) is 0 Å². The fourth-order valence-corrected chi connectivity index (χ4v) is 0.999. The van der Waals surface area contributed by atoms with Crippen LogP contribution >= 0.6 is 15.9 Å². The van der Waals surface area contributed by atoms with E-state index in [1.807, 2.05) is 13.8 Å². The second-order valence-corrected chi connectivity index (χ2v) is 2.92. The summed E-state index contributed by atoms with van der Waals surface area (Å²) in [6, 6.07) is 0. The molecule has 0 nitrogen and oxygen atoms in total. The van der Waals surface area contributed by atoms with Gasteiger partial charge in [-0.2, -0.15) is 0 Å². The van der Waals surface area contributed by atoms with Crippen molar-refractivity contribution in [3.63, 3.8) is 0 Å². The van der Waals surface area contributed by atoms with Gasteiger partial charge in [0.2, 0.25) is 0 Å². The number of allylic oxidation sites excluding steroid dienone is 5. The van der Waals surface area contributed by atoms with Gasteiger partial charge in [-0.1, -0.05) is 26.5 Å². The van der Waals surface area contributed by atoms with Gasteiger partial charge >= 0.3 is 0 Å². The molecule has 0 atom stereocenters. The maximum absolute atomic E-state index is 12.8. The summed E-state index contributed by atoms with van der Waals surface area (Å²) in [6.07, 6.45) is 3.11. The zero-order valence-electron chi connectivity index (χ0n) is 8.12. The van der Waals surface area contributed by atoms with E-state index in [0.717, 1.165) is 0 Å². The first-order valence-electron chi connectivity index (χ1n) is 3.91. The molecule has 0 saturated heterocycles. The molecule has 0 rings (SSSR count). The zero-order valence-corrected chi connectivity index (χ0v) is 9.70. The third kappa shape index (κ3) is 6.35. The van der Waals surface area contributed by atoms with Crippen LogP contribution in [0.4, 0.5) is 4.39 Å². The highest BCUT2D eigenvalue weighted by molar-refractivity contribution is 9.11. The molecule has 2 heteroatoms. The zero-order chi connectivity index (χ0) is 10.1. The molecule has 70 valence electrons. The van der Waals surface area contributed by atoms with Gasteiger partial charge in [-0.15, -0.1) is 0 Å². The van der Waals surface area contributed by atoms with Crippen LogP contribution in [-0.2, 0) is 0 Å². The van der Waals surface area contributed by atoms with Crippen LogP contribution in [0.1, 0.15) is 27.7 Å². The summed E-state index contributed by atoms with van der Waals surface area (Å²) in [7, 11) is 0. The van der Waals surface area contributed by atoms with Crippen molar-refractivity contribution < 1.29 is 4.39 Å². The first-order chi connectivity index (χ1) is 5.59. The van der Waals surface area contributed by atoms with E-state index in [9.17, 15) is 4.39 Å². The van der Waals surface area contributed by atoms with Crippen LogP contribution in [0.15, 0.2) is 34.6 Å². The van der Waals surface area contributed by atoms with E-state index in [0.29, 0.717) is 10.1 Å². The molecule has 0 aliphatic heterocycles. The molecule has 0 radical (unpaired) electrons. The molecule has 0 amide bonds. The Kier molecular flexibility index (Phi) is 10.3. The second kappa shape index (κ2) is 8.72. The van der Waals surface area contributed by atoms with Gasteiger partial charge in [-0.05, 0) is 41.4 Å². The molecule has 0 spiro atoms. The van der Waals surface area contributed by atoms with Crippen molar-refractivity contribution in [2.24, 2.45) is 0 Å². The summed E-state index contributed by atoms with van der Waals surface area (Å²) in [5, 5.41) is 0. The molecule has 0 aromatic heterocycles. The summed E-state index contributed by atoms with van der Waals surface area (Å²) in [5.74, 6) is -0.222. The SMILES string of the molecule is C=C/C=C(/Br)C(F)=C(C)C.CC. The average Bonchev–Trinajstić information content (AvgIpc) is 2.07. The minimum atomic E-state index is -0.222. The van der Waals surface area contributed by atoms with E-state index in [2.05, 4.69) is 22.5 Å². The van der Waals surface area contributed by atoms with Crippen LogP contribution in [-0.4, -0.2) is 0 Å². The first kappa shape index (κ1) is 14.2. The monoisotopic (exact) mass is 234 g/mol. The fourth-order valence-electron chi connectivity index (χ4n) is 0.415. The smallest absolute Gasteiger partial charge is 0.136 e. The van der Waals surface area contributed by atoms with Crippen LogP contribution in [0.3, 0.4) is 0 Å². The third-order valence-corrected chi connectivity index (χ3v) is 1.53. The van der Waals surface area contributed by atoms with E-state index in [1.54, 1.807) is 19.9 Å². The summed E-state index contributed by atoms with van der Waals surface area (Å²) in [6.45, 7) is 10.9. The lowest BCUT2D eigenvalue weighted by molar-refractivity contribution is 0.651. The highest BCUT2D eigenvalue weighted by atomic mass is 79.9. The van der Waals surface area contributed by atoms with Gasteiger partial charge in [0.25, 0.3) is 0 Å². The molecule has 0 fully saturated rings. The topological polar surface area (TPSA) is 0 Å². The minimum Gasteiger partial charge on any atom is -0.206 e. The minimum absolute atomic E-state index is 0.222. The number of hydrogen-bond donors (Lipinski definition) is 0. The Bertz CT molecular complexity index is 186. The maximum atomic E-state index is 12.8. The molecule has 0 bridgehead atoms. The predicted octanol–water partition coefficient (Wildman–Crippen LogP) is 4.74. The van der Waals surface area contributed by atoms with Gasteiger partial charge in [-0.3, -0.25) is 0 Å². The lowest BCUT2D eigenvalue weighted by Crippen LogP contribution is -1.76. The van der Waals surface area contributed by atoms with Crippen molar-refractivity contribution in [2.45, 2.75) is 27.7 Å². The quantitative estimate of drug-likeness (QED) is 0.606. The molecule has 0 N–H and O–H groups in total. The van der Waals surface area contributed by atoms with Crippen molar-refractivity contribution in [1.29, 1.82) is 0 Å². The van der Waals surface area contributed by atoms with E-state index in [1.165, 1.54) is 6.08 Å². The molecule has 0 saturated carbocycles. The van der Waals surface area contributed by atoms with Gasteiger partial charge < -0.3 is 0 Å². The highest BCUT2D eigenvalue weighted by Gasteiger charge is 1.99. The first-order valence-corrected chi connectivity index (χ1v) is 4.70. The molecule has 0 heterocycles. The predicted molar refractivity (Wildman–Crippen MR) is 58.0 cm³/mol. The molecular formula is C10H16BrF. The van der Waals surface area contributed by atoms with Crippen LogP contribution in [0.25, 0.3) is 0 Å². The lowest BCUT2D eigenvalue weighted by Gasteiger charge is -1.95. The Hall–Kier alpha value is -0.370. The van der Waals surface area contributed by atoms with Crippen LogP contribution < -0.4 is 0 Å². The Morgan fingerprint density at radius 2 is 1.75 bits per heavy atom. The number of halogens is 2. The molecule has 0 aliphatic carbocycles. The number of hydrogen-bond acceptors (Lipinski definition) is 0. The third-order valence-electron chi connectivity index (χ3n) is 0.913.